The van der Waals surface area contributed by atoms with Gasteiger partial charge in [-0.05, 0) is 25.1 Å². The van der Waals surface area contributed by atoms with Gasteiger partial charge < -0.3 is 15.0 Å². The van der Waals surface area contributed by atoms with Crippen molar-refractivity contribution in [3.63, 3.8) is 0 Å². The number of rotatable bonds is 3. The molecule has 0 aliphatic carbocycles. The summed E-state index contributed by atoms with van der Waals surface area (Å²) < 4.78 is 1.75. The minimum atomic E-state index is -0.616. The Morgan fingerprint density at radius 3 is 2.61 bits per heavy atom. The van der Waals surface area contributed by atoms with Crippen LogP contribution in [0.25, 0.3) is 0 Å². The number of nitrogens with zero attached hydrogens (tertiary/aromatic N) is 1. The molecule has 0 aliphatic rings. The number of aliphatic hydroxyl groups excluding tert-OH is 1. The second kappa shape index (κ2) is 5.06. The summed E-state index contributed by atoms with van der Waals surface area (Å²) in [7, 11) is 1.81. The van der Waals surface area contributed by atoms with Gasteiger partial charge in [-0.2, -0.15) is 0 Å². The SMILES string of the molecule is CC(O)c1ccccc1NC(=O)c1cccn1C. The molecule has 0 saturated heterocycles. The second-order valence-corrected chi connectivity index (χ2v) is 4.22. The molecule has 2 rings (SSSR count). The van der Waals surface area contributed by atoms with Gasteiger partial charge in [0.15, 0.2) is 0 Å². The number of hydrogen-bond donors (Lipinski definition) is 2. The van der Waals surface area contributed by atoms with Gasteiger partial charge in [0.2, 0.25) is 0 Å². The maximum atomic E-state index is 12.1. The van der Waals surface area contributed by atoms with Crippen LogP contribution in [-0.4, -0.2) is 15.6 Å². The maximum Gasteiger partial charge on any atom is 0.272 e. The number of aromatic nitrogens is 1. The van der Waals surface area contributed by atoms with Gasteiger partial charge >= 0.3 is 0 Å². The van der Waals surface area contributed by atoms with E-state index in [4.69, 9.17) is 0 Å². The molecule has 0 aliphatic heterocycles. The number of amides is 1. The molecule has 2 aromatic rings. The predicted octanol–water partition coefficient (Wildman–Crippen LogP) is 2.33. The van der Waals surface area contributed by atoms with E-state index in [1.54, 1.807) is 29.7 Å². The minimum Gasteiger partial charge on any atom is -0.389 e. The summed E-state index contributed by atoms with van der Waals surface area (Å²) in [6, 6.07) is 10.8. The molecule has 0 spiro atoms. The highest BCUT2D eigenvalue weighted by Gasteiger charge is 2.13. The maximum absolute atomic E-state index is 12.1. The van der Waals surface area contributed by atoms with Gasteiger partial charge in [0.25, 0.3) is 5.91 Å². The lowest BCUT2D eigenvalue weighted by molar-refractivity contribution is 0.101. The van der Waals surface area contributed by atoms with Crippen molar-refractivity contribution in [1.29, 1.82) is 0 Å². The highest BCUT2D eigenvalue weighted by Crippen LogP contribution is 2.22. The zero-order chi connectivity index (χ0) is 13.1. The molecule has 1 atom stereocenters. The summed E-state index contributed by atoms with van der Waals surface area (Å²) in [5, 5.41) is 12.5. The summed E-state index contributed by atoms with van der Waals surface area (Å²) in [5.74, 6) is -0.185. The number of aliphatic hydroxyl groups is 1. The average Bonchev–Trinajstić information content (AvgIpc) is 2.76. The van der Waals surface area contributed by atoms with Crippen LogP contribution in [0.2, 0.25) is 0 Å². The van der Waals surface area contributed by atoms with Crippen LogP contribution in [0.4, 0.5) is 5.69 Å². The second-order valence-electron chi connectivity index (χ2n) is 4.22. The van der Waals surface area contributed by atoms with Crippen LogP contribution in [-0.2, 0) is 7.05 Å². The molecule has 0 bridgehead atoms. The van der Waals surface area contributed by atoms with Gasteiger partial charge in [-0.1, -0.05) is 18.2 Å². The molecule has 1 amide bonds. The monoisotopic (exact) mass is 244 g/mol. The van der Waals surface area contributed by atoms with Gasteiger partial charge in [0, 0.05) is 24.5 Å². The summed E-state index contributed by atoms with van der Waals surface area (Å²) in [5.41, 5.74) is 1.93. The Hall–Kier alpha value is -2.07. The normalized spacial score (nSPS) is 12.2. The molecular weight excluding hydrogens is 228 g/mol. The summed E-state index contributed by atoms with van der Waals surface area (Å²) in [6.45, 7) is 1.67. The molecule has 1 aromatic heterocycles. The van der Waals surface area contributed by atoms with Gasteiger partial charge in [-0.3, -0.25) is 4.79 Å². The van der Waals surface area contributed by atoms with Crippen molar-refractivity contribution >= 4 is 11.6 Å². The topological polar surface area (TPSA) is 54.3 Å². The molecule has 94 valence electrons. The van der Waals surface area contributed by atoms with Crippen molar-refractivity contribution in [1.82, 2.24) is 4.57 Å². The molecule has 4 heteroatoms. The number of carbonyl (C=O) groups is 1. The number of benzene rings is 1. The number of nitrogens with one attached hydrogen (secondary N) is 1. The quantitative estimate of drug-likeness (QED) is 0.870. The van der Waals surface area contributed by atoms with E-state index in [-0.39, 0.29) is 5.91 Å². The van der Waals surface area contributed by atoms with E-state index in [0.717, 1.165) is 0 Å². The zero-order valence-electron chi connectivity index (χ0n) is 10.4. The number of carbonyl (C=O) groups excluding carboxylic acids is 1. The minimum absolute atomic E-state index is 0.185. The highest BCUT2D eigenvalue weighted by atomic mass is 16.3. The van der Waals surface area contributed by atoms with E-state index in [1.165, 1.54) is 0 Å². The standard InChI is InChI=1S/C14H16N2O2/c1-10(17)11-6-3-4-7-12(11)15-14(18)13-8-5-9-16(13)2/h3-10,17H,1-2H3,(H,15,18). The lowest BCUT2D eigenvalue weighted by Gasteiger charge is -2.13. The largest absolute Gasteiger partial charge is 0.389 e. The first-order chi connectivity index (χ1) is 8.59. The predicted molar refractivity (Wildman–Crippen MR) is 70.4 cm³/mol. The Labute approximate surface area is 106 Å². The van der Waals surface area contributed by atoms with E-state index in [9.17, 15) is 9.90 Å². The van der Waals surface area contributed by atoms with Gasteiger partial charge in [-0.15, -0.1) is 0 Å². The lowest BCUT2D eigenvalue weighted by Crippen LogP contribution is -2.16. The number of aryl methyl sites for hydroxylation is 1. The van der Waals surface area contributed by atoms with Crippen molar-refractivity contribution in [2.24, 2.45) is 7.05 Å². The van der Waals surface area contributed by atoms with Gasteiger partial charge in [0.05, 0.1) is 6.10 Å². The van der Waals surface area contributed by atoms with Crippen molar-refractivity contribution in [3.8, 4) is 0 Å². The third-order valence-electron chi connectivity index (χ3n) is 2.84. The first-order valence-electron chi connectivity index (χ1n) is 5.79. The first-order valence-corrected chi connectivity index (χ1v) is 5.79. The van der Waals surface area contributed by atoms with Crippen LogP contribution < -0.4 is 5.32 Å². The van der Waals surface area contributed by atoms with Crippen LogP contribution in [0.1, 0.15) is 29.1 Å². The van der Waals surface area contributed by atoms with Crippen LogP contribution in [0, 0.1) is 0 Å². The summed E-state index contributed by atoms with van der Waals surface area (Å²) in [4.78, 5) is 12.1. The zero-order valence-corrected chi connectivity index (χ0v) is 10.4. The van der Waals surface area contributed by atoms with Crippen molar-refractivity contribution in [2.75, 3.05) is 5.32 Å². The Kier molecular flexibility index (Phi) is 3.48. The van der Waals surface area contributed by atoms with Crippen LogP contribution in [0.3, 0.4) is 0 Å². The highest BCUT2D eigenvalue weighted by molar-refractivity contribution is 6.03. The Balaban J connectivity index is 2.25. The molecule has 1 heterocycles. The first kappa shape index (κ1) is 12.4. The van der Waals surface area contributed by atoms with E-state index in [0.29, 0.717) is 16.9 Å². The molecular formula is C14H16N2O2. The smallest absolute Gasteiger partial charge is 0.272 e. The van der Waals surface area contributed by atoms with Crippen molar-refractivity contribution < 1.29 is 9.90 Å². The van der Waals surface area contributed by atoms with E-state index in [1.807, 2.05) is 31.4 Å². The van der Waals surface area contributed by atoms with Gasteiger partial charge in [-0.25, -0.2) is 0 Å². The molecule has 18 heavy (non-hydrogen) atoms. The van der Waals surface area contributed by atoms with Gasteiger partial charge in [0.1, 0.15) is 5.69 Å². The Morgan fingerprint density at radius 2 is 2.00 bits per heavy atom. The molecule has 2 N–H and O–H groups in total. The third kappa shape index (κ3) is 2.43. The fourth-order valence-corrected chi connectivity index (χ4v) is 1.86. The number of para-hydroxylation sites is 1. The van der Waals surface area contributed by atoms with Crippen LogP contribution >= 0.6 is 0 Å². The van der Waals surface area contributed by atoms with E-state index < -0.39 is 6.10 Å². The lowest BCUT2D eigenvalue weighted by atomic mass is 10.1. The fourth-order valence-electron chi connectivity index (χ4n) is 1.86. The molecule has 0 radical (unpaired) electrons. The average molecular weight is 244 g/mol. The van der Waals surface area contributed by atoms with Crippen LogP contribution in [0.5, 0.6) is 0 Å². The Morgan fingerprint density at radius 1 is 1.28 bits per heavy atom. The van der Waals surface area contributed by atoms with E-state index >= 15 is 0 Å². The molecule has 0 fully saturated rings. The molecule has 1 aromatic carbocycles. The number of anilines is 1. The fraction of sp³-hybridized carbons (Fsp3) is 0.214. The van der Waals surface area contributed by atoms with Crippen LogP contribution in [0.15, 0.2) is 42.6 Å². The molecule has 1 unspecified atom stereocenters. The molecule has 4 nitrogen and oxygen atoms in total. The summed E-state index contributed by atoms with van der Waals surface area (Å²) in [6.07, 6.45) is 1.20. The molecule has 0 saturated carbocycles. The van der Waals surface area contributed by atoms with Crippen molar-refractivity contribution in [3.05, 3.63) is 53.9 Å². The Bertz CT molecular complexity index is 558. The van der Waals surface area contributed by atoms with Crippen molar-refractivity contribution in [2.45, 2.75) is 13.0 Å². The third-order valence-corrected chi connectivity index (χ3v) is 2.84. The summed E-state index contributed by atoms with van der Waals surface area (Å²) >= 11 is 0. The number of hydrogen-bond acceptors (Lipinski definition) is 2. The van der Waals surface area contributed by atoms with E-state index in [2.05, 4.69) is 5.32 Å².